The maximum atomic E-state index is 5.49. The molecule has 2 heterocycles. The lowest BCUT2D eigenvalue weighted by Crippen LogP contribution is -2.41. The van der Waals surface area contributed by atoms with E-state index in [9.17, 15) is 0 Å². The van der Waals surface area contributed by atoms with Crippen LogP contribution in [-0.2, 0) is 11.2 Å². The Morgan fingerprint density at radius 3 is 2.70 bits per heavy atom. The maximum absolute atomic E-state index is 5.49. The summed E-state index contributed by atoms with van der Waals surface area (Å²) >= 11 is 0. The maximum Gasteiger partial charge on any atom is 0.191 e. The fourth-order valence-corrected chi connectivity index (χ4v) is 4.04. The molecular formula is C21H36IN3O2. The van der Waals surface area contributed by atoms with Gasteiger partial charge in [0.1, 0.15) is 5.76 Å². The van der Waals surface area contributed by atoms with Crippen LogP contribution >= 0.6 is 24.0 Å². The molecule has 2 N–H and O–H groups in total. The lowest BCUT2D eigenvalue weighted by Gasteiger charge is -2.30. The molecule has 1 aromatic heterocycles. The van der Waals surface area contributed by atoms with E-state index in [0.717, 1.165) is 63.3 Å². The summed E-state index contributed by atoms with van der Waals surface area (Å²) in [5.74, 6) is 3.33. The average Bonchev–Trinajstić information content (AvgIpc) is 3.40. The highest BCUT2D eigenvalue weighted by Gasteiger charge is 2.31. The summed E-state index contributed by atoms with van der Waals surface area (Å²) in [4.78, 5) is 4.94. The van der Waals surface area contributed by atoms with Gasteiger partial charge in [0.15, 0.2) is 5.96 Å². The van der Waals surface area contributed by atoms with E-state index in [1.165, 1.54) is 25.7 Å². The number of rotatable bonds is 8. The predicted octanol–water partition coefficient (Wildman–Crippen LogP) is 4.23. The molecule has 2 fully saturated rings. The van der Waals surface area contributed by atoms with Crippen LogP contribution in [0, 0.1) is 17.3 Å². The molecular weight excluding hydrogens is 453 g/mol. The van der Waals surface area contributed by atoms with Crippen LogP contribution in [0.2, 0.25) is 0 Å². The van der Waals surface area contributed by atoms with Crippen LogP contribution in [0.4, 0.5) is 0 Å². The Balaban J connectivity index is 0.00000261. The molecule has 1 atom stereocenters. The number of furan rings is 1. The number of ether oxygens (including phenoxy) is 1. The number of aliphatic imine (C=N–C) groups is 1. The molecule has 154 valence electrons. The summed E-state index contributed by atoms with van der Waals surface area (Å²) in [6.07, 6.45) is 9.21. The van der Waals surface area contributed by atoms with Gasteiger partial charge in [0.25, 0.3) is 0 Å². The van der Waals surface area contributed by atoms with E-state index in [1.807, 2.05) is 12.1 Å². The minimum Gasteiger partial charge on any atom is -0.469 e. The van der Waals surface area contributed by atoms with Crippen molar-refractivity contribution in [1.29, 1.82) is 0 Å². The van der Waals surface area contributed by atoms with Gasteiger partial charge >= 0.3 is 0 Å². The highest BCUT2D eigenvalue weighted by molar-refractivity contribution is 14.0. The molecule has 1 saturated carbocycles. The van der Waals surface area contributed by atoms with E-state index >= 15 is 0 Å². The van der Waals surface area contributed by atoms with E-state index < -0.39 is 0 Å². The number of nitrogens with one attached hydrogen (secondary N) is 2. The number of guanidine groups is 1. The molecule has 0 spiro atoms. The molecule has 0 bridgehead atoms. The van der Waals surface area contributed by atoms with E-state index in [4.69, 9.17) is 14.1 Å². The quantitative estimate of drug-likeness (QED) is 0.326. The normalized spacial score (nSPS) is 21.3. The summed E-state index contributed by atoms with van der Waals surface area (Å²) in [6.45, 7) is 9.12. The first-order valence-electron chi connectivity index (χ1n) is 10.3. The summed E-state index contributed by atoms with van der Waals surface area (Å²) in [5, 5.41) is 7.02. The molecule has 1 unspecified atom stereocenters. The minimum absolute atomic E-state index is 0. The van der Waals surface area contributed by atoms with E-state index in [-0.39, 0.29) is 29.4 Å². The Bertz CT molecular complexity index is 548. The zero-order valence-corrected chi connectivity index (χ0v) is 19.2. The molecule has 1 aliphatic carbocycles. The van der Waals surface area contributed by atoms with Gasteiger partial charge in [0.2, 0.25) is 0 Å². The molecule has 27 heavy (non-hydrogen) atoms. The molecule has 0 aromatic carbocycles. The second-order valence-electron chi connectivity index (χ2n) is 8.50. The standard InChI is InChI=1S/C21H35N3O2.HI/c1-21(2,18-6-3-4-7-18)16-24-20(23-14-17-10-13-25-15-17)22-11-9-19-8-5-12-26-19;/h5,8,12,17-18H,3-4,6-7,9-11,13-16H2,1-2H3,(H2,22,23,24);1H. The summed E-state index contributed by atoms with van der Waals surface area (Å²) in [5.41, 5.74) is 0.266. The highest BCUT2D eigenvalue weighted by Crippen LogP contribution is 2.39. The Morgan fingerprint density at radius 1 is 1.22 bits per heavy atom. The third kappa shape index (κ3) is 7.29. The van der Waals surface area contributed by atoms with Crippen molar-refractivity contribution in [3.63, 3.8) is 0 Å². The van der Waals surface area contributed by atoms with Gasteiger partial charge in [-0.3, -0.25) is 4.99 Å². The Kier molecular flexibility index (Phi) is 9.42. The topological polar surface area (TPSA) is 58.8 Å². The molecule has 1 aromatic rings. The van der Waals surface area contributed by atoms with Crippen molar-refractivity contribution in [2.75, 3.05) is 32.8 Å². The van der Waals surface area contributed by atoms with Crippen LogP contribution in [0.3, 0.4) is 0 Å². The molecule has 6 heteroatoms. The van der Waals surface area contributed by atoms with Gasteiger partial charge in [-0.15, -0.1) is 24.0 Å². The van der Waals surface area contributed by atoms with Crippen LogP contribution in [0.25, 0.3) is 0 Å². The third-order valence-corrected chi connectivity index (χ3v) is 5.93. The van der Waals surface area contributed by atoms with Crippen molar-refractivity contribution >= 4 is 29.9 Å². The smallest absolute Gasteiger partial charge is 0.191 e. The first-order chi connectivity index (χ1) is 12.6. The minimum atomic E-state index is 0. The molecule has 0 radical (unpaired) electrons. The monoisotopic (exact) mass is 489 g/mol. The fraction of sp³-hybridized carbons (Fsp3) is 0.762. The van der Waals surface area contributed by atoms with Gasteiger partial charge in [-0.1, -0.05) is 26.7 Å². The van der Waals surface area contributed by atoms with Gasteiger partial charge in [-0.25, -0.2) is 0 Å². The number of hydrogen-bond donors (Lipinski definition) is 2. The van der Waals surface area contributed by atoms with E-state index in [0.29, 0.717) is 5.92 Å². The fourth-order valence-electron chi connectivity index (χ4n) is 4.04. The lowest BCUT2D eigenvalue weighted by molar-refractivity contribution is 0.186. The van der Waals surface area contributed by atoms with Gasteiger partial charge in [-0.05, 0) is 42.7 Å². The van der Waals surface area contributed by atoms with E-state index in [2.05, 4.69) is 24.5 Å². The second kappa shape index (κ2) is 11.3. The summed E-state index contributed by atoms with van der Waals surface area (Å²) in [6, 6.07) is 3.96. The molecule has 3 rings (SSSR count). The van der Waals surface area contributed by atoms with Crippen LogP contribution < -0.4 is 10.6 Å². The van der Waals surface area contributed by atoms with Crippen molar-refractivity contribution in [2.24, 2.45) is 22.2 Å². The predicted molar refractivity (Wildman–Crippen MR) is 121 cm³/mol. The van der Waals surface area contributed by atoms with Crippen LogP contribution in [0.5, 0.6) is 0 Å². The Hall–Kier alpha value is -0.760. The second-order valence-corrected chi connectivity index (χ2v) is 8.50. The van der Waals surface area contributed by atoms with Crippen molar-refractivity contribution in [2.45, 2.75) is 52.4 Å². The van der Waals surface area contributed by atoms with Crippen molar-refractivity contribution < 1.29 is 9.15 Å². The largest absolute Gasteiger partial charge is 0.469 e. The Morgan fingerprint density at radius 2 is 2.04 bits per heavy atom. The lowest BCUT2D eigenvalue weighted by atomic mass is 9.78. The number of hydrogen-bond acceptors (Lipinski definition) is 3. The molecule has 5 nitrogen and oxygen atoms in total. The number of halogens is 1. The Labute approximate surface area is 181 Å². The van der Waals surface area contributed by atoms with Crippen molar-refractivity contribution in [3.8, 4) is 0 Å². The first-order valence-corrected chi connectivity index (χ1v) is 10.3. The summed E-state index contributed by atoms with van der Waals surface area (Å²) in [7, 11) is 0. The molecule has 1 aliphatic heterocycles. The van der Waals surface area contributed by atoms with Gasteiger partial charge in [0.05, 0.1) is 12.9 Å². The zero-order valence-electron chi connectivity index (χ0n) is 16.8. The van der Waals surface area contributed by atoms with Crippen LogP contribution in [0.15, 0.2) is 27.8 Å². The first kappa shape index (κ1) is 22.5. The van der Waals surface area contributed by atoms with Gasteiger partial charge < -0.3 is 19.8 Å². The molecule has 1 saturated heterocycles. The number of nitrogens with zero attached hydrogens (tertiary/aromatic N) is 1. The molecule has 2 aliphatic rings. The van der Waals surface area contributed by atoms with Gasteiger partial charge in [0, 0.05) is 38.6 Å². The zero-order chi connectivity index (χ0) is 18.2. The van der Waals surface area contributed by atoms with Crippen molar-refractivity contribution in [3.05, 3.63) is 24.2 Å². The van der Waals surface area contributed by atoms with Crippen LogP contribution in [0.1, 0.15) is 51.7 Å². The SMILES string of the molecule is CC(C)(CN=C(NCCc1ccco1)NCC1CCOC1)C1CCCC1.I. The third-order valence-electron chi connectivity index (χ3n) is 5.93. The van der Waals surface area contributed by atoms with Gasteiger partial charge in [-0.2, -0.15) is 0 Å². The van der Waals surface area contributed by atoms with Crippen molar-refractivity contribution in [1.82, 2.24) is 10.6 Å². The van der Waals surface area contributed by atoms with Crippen LogP contribution in [-0.4, -0.2) is 38.8 Å². The average molecular weight is 489 g/mol. The molecule has 0 amide bonds. The van der Waals surface area contributed by atoms with E-state index in [1.54, 1.807) is 6.26 Å². The summed E-state index contributed by atoms with van der Waals surface area (Å²) < 4.78 is 10.9. The highest BCUT2D eigenvalue weighted by atomic mass is 127.